The fraction of sp³-hybridized carbons (Fsp3) is 0.176. The first-order chi connectivity index (χ1) is 12.4. The minimum absolute atomic E-state index is 0.0234. The van der Waals surface area contributed by atoms with Gasteiger partial charge in [-0.25, -0.2) is 0 Å². The van der Waals surface area contributed by atoms with Crippen molar-refractivity contribution >= 4 is 17.2 Å². The summed E-state index contributed by atoms with van der Waals surface area (Å²) in [5, 5.41) is 17.9. The highest BCUT2D eigenvalue weighted by Gasteiger charge is 2.34. The maximum Gasteiger partial charge on any atom is 0.416 e. The number of nitrogens with one attached hydrogen (secondary N) is 1. The molecule has 136 valence electrons. The molecule has 1 aromatic carbocycles. The highest BCUT2D eigenvalue weighted by atomic mass is 32.1. The molecule has 0 saturated carbocycles. The Morgan fingerprint density at radius 1 is 1.27 bits per heavy atom. The second-order valence-electron chi connectivity index (χ2n) is 5.36. The number of benzene rings is 1. The van der Waals surface area contributed by atoms with Gasteiger partial charge in [0, 0.05) is 12.6 Å². The van der Waals surface area contributed by atoms with E-state index in [0.29, 0.717) is 5.76 Å². The Kier molecular flexibility index (Phi) is 5.10. The van der Waals surface area contributed by atoms with Gasteiger partial charge in [-0.15, -0.1) is 11.3 Å². The van der Waals surface area contributed by atoms with Crippen LogP contribution in [0.3, 0.4) is 0 Å². The van der Waals surface area contributed by atoms with E-state index in [4.69, 9.17) is 4.52 Å². The topological polar surface area (TPSA) is 75.4 Å². The smallest absolute Gasteiger partial charge is 0.387 e. The quantitative estimate of drug-likeness (QED) is 0.702. The molecule has 0 saturated heterocycles. The van der Waals surface area contributed by atoms with Crippen molar-refractivity contribution in [2.24, 2.45) is 0 Å². The summed E-state index contributed by atoms with van der Waals surface area (Å²) in [5.74, 6) is -0.242. The molecular formula is C17H13F3N2O3S. The second kappa shape index (κ2) is 7.30. The fourth-order valence-electron chi connectivity index (χ4n) is 2.35. The molecule has 1 amide bonds. The van der Waals surface area contributed by atoms with E-state index in [2.05, 4.69) is 10.5 Å². The summed E-state index contributed by atoms with van der Waals surface area (Å²) < 4.78 is 44.0. The molecule has 3 rings (SSSR count). The maximum absolute atomic E-state index is 13.0. The molecule has 5 nitrogen and oxygen atoms in total. The lowest BCUT2D eigenvalue weighted by Crippen LogP contribution is -2.29. The van der Waals surface area contributed by atoms with Crippen molar-refractivity contribution in [3.05, 3.63) is 64.7 Å². The number of hydrogen-bond acceptors (Lipinski definition) is 5. The van der Waals surface area contributed by atoms with Crippen LogP contribution in [0.5, 0.6) is 0 Å². The van der Waals surface area contributed by atoms with Gasteiger partial charge in [-0.2, -0.15) is 13.2 Å². The standard InChI is InChI=1S/C17H13F3N2O3S/c18-17(19,20)11-5-2-1-4-10(11)13(23)9-21-16(24)12-8-14(25-22-12)15-6-3-7-26-15/h1-8,13,23H,9H2,(H,21,24). The third-order valence-corrected chi connectivity index (χ3v) is 4.47. The number of thiophene rings is 1. The summed E-state index contributed by atoms with van der Waals surface area (Å²) in [6, 6.07) is 9.72. The van der Waals surface area contributed by atoms with Crippen molar-refractivity contribution < 1.29 is 27.6 Å². The van der Waals surface area contributed by atoms with E-state index in [9.17, 15) is 23.1 Å². The van der Waals surface area contributed by atoms with Gasteiger partial charge in [0.15, 0.2) is 11.5 Å². The zero-order valence-corrected chi connectivity index (χ0v) is 14.0. The summed E-state index contributed by atoms with van der Waals surface area (Å²) >= 11 is 1.41. The number of carbonyl (C=O) groups excluding carboxylic acids is 1. The summed E-state index contributed by atoms with van der Waals surface area (Å²) in [6.07, 6.45) is -6.11. The van der Waals surface area contributed by atoms with E-state index in [1.54, 1.807) is 6.07 Å². The molecule has 0 radical (unpaired) electrons. The molecule has 9 heteroatoms. The molecule has 0 aliphatic rings. The lowest BCUT2D eigenvalue weighted by Gasteiger charge is -2.17. The molecule has 1 unspecified atom stereocenters. The predicted octanol–water partition coefficient (Wildman–Crippen LogP) is 3.89. The van der Waals surface area contributed by atoms with Gasteiger partial charge >= 0.3 is 6.18 Å². The monoisotopic (exact) mass is 382 g/mol. The van der Waals surface area contributed by atoms with Gasteiger partial charge in [0.05, 0.1) is 16.5 Å². The first kappa shape index (κ1) is 18.2. The molecular weight excluding hydrogens is 369 g/mol. The Morgan fingerprint density at radius 3 is 2.73 bits per heavy atom. The van der Waals surface area contributed by atoms with Crippen LogP contribution in [0.25, 0.3) is 10.6 Å². The van der Waals surface area contributed by atoms with Crippen LogP contribution in [0, 0.1) is 0 Å². The van der Waals surface area contributed by atoms with Gasteiger partial charge in [0.1, 0.15) is 0 Å². The van der Waals surface area contributed by atoms with Crippen LogP contribution in [-0.4, -0.2) is 22.7 Å². The Morgan fingerprint density at radius 2 is 2.04 bits per heavy atom. The third kappa shape index (κ3) is 3.94. The van der Waals surface area contributed by atoms with Crippen LogP contribution in [0.2, 0.25) is 0 Å². The van der Waals surface area contributed by atoms with Crippen molar-refractivity contribution in [3.8, 4) is 10.6 Å². The Labute approximate surface area is 150 Å². The number of alkyl halides is 3. The largest absolute Gasteiger partial charge is 0.416 e. The van der Waals surface area contributed by atoms with E-state index in [0.717, 1.165) is 10.9 Å². The average molecular weight is 382 g/mol. The van der Waals surface area contributed by atoms with Gasteiger partial charge in [-0.1, -0.05) is 29.4 Å². The van der Waals surface area contributed by atoms with Crippen LogP contribution >= 0.6 is 11.3 Å². The number of amides is 1. The van der Waals surface area contributed by atoms with Gasteiger partial charge in [0.2, 0.25) is 0 Å². The predicted molar refractivity (Wildman–Crippen MR) is 88.6 cm³/mol. The second-order valence-corrected chi connectivity index (χ2v) is 6.31. The summed E-state index contributed by atoms with van der Waals surface area (Å²) in [4.78, 5) is 12.9. The number of aromatic nitrogens is 1. The summed E-state index contributed by atoms with van der Waals surface area (Å²) in [7, 11) is 0. The first-order valence-electron chi connectivity index (χ1n) is 7.49. The molecule has 1 atom stereocenters. The SMILES string of the molecule is O=C(NCC(O)c1ccccc1C(F)(F)F)c1cc(-c2cccs2)on1. The molecule has 0 spiro atoms. The van der Waals surface area contributed by atoms with Crippen LogP contribution in [0.15, 0.2) is 52.4 Å². The molecule has 2 heterocycles. The van der Waals surface area contributed by atoms with Crippen LogP contribution in [0.4, 0.5) is 13.2 Å². The van der Waals surface area contributed by atoms with Crippen molar-refractivity contribution in [1.82, 2.24) is 10.5 Å². The van der Waals surface area contributed by atoms with Gasteiger partial charge < -0.3 is 14.9 Å². The highest BCUT2D eigenvalue weighted by Crippen LogP contribution is 2.34. The van der Waals surface area contributed by atoms with Crippen molar-refractivity contribution in [2.45, 2.75) is 12.3 Å². The Hall–Kier alpha value is -2.65. The minimum atomic E-state index is -4.59. The molecule has 3 aromatic rings. The number of nitrogens with zero attached hydrogens (tertiary/aromatic N) is 1. The molecule has 0 aliphatic carbocycles. The Balaban J connectivity index is 1.67. The van der Waals surface area contributed by atoms with Gasteiger partial charge in [-0.05, 0) is 23.1 Å². The molecule has 2 aromatic heterocycles. The molecule has 0 aliphatic heterocycles. The number of aliphatic hydroxyl groups is 1. The Bertz CT molecular complexity index is 891. The number of aliphatic hydroxyl groups excluding tert-OH is 1. The minimum Gasteiger partial charge on any atom is -0.387 e. The fourth-order valence-corrected chi connectivity index (χ4v) is 3.03. The number of halogens is 3. The van der Waals surface area contributed by atoms with E-state index in [1.807, 2.05) is 11.4 Å². The van der Waals surface area contributed by atoms with Crippen molar-refractivity contribution in [3.63, 3.8) is 0 Å². The van der Waals surface area contributed by atoms with E-state index in [1.165, 1.54) is 35.6 Å². The van der Waals surface area contributed by atoms with E-state index in [-0.39, 0.29) is 11.3 Å². The summed E-state index contributed by atoms with van der Waals surface area (Å²) in [5.41, 5.74) is -1.27. The number of rotatable bonds is 5. The normalized spacial score (nSPS) is 12.8. The molecule has 26 heavy (non-hydrogen) atoms. The molecule has 0 bridgehead atoms. The third-order valence-electron chi connectivity index (χ3n) is 3.59. The molecule has 2 N–H and O–H groups in total. The lowest BCUT2D eigenvalue weighted by molar-refractivity contribution is -0.139. The van der Waals surface area contributed by atoms with Gasteiger partial charge in [-0.3, -0.25) is 4.79 Å². The lowest BCUT2D eigenvalue weighted by atomic mass is 10.0. The highest BCUT2D eigenvalue weighted by molar-refractivity contribution is 7.13. The van der Waals surface area contributed by atoms with E-state index < -0.39 is 30.3 Å². The number of carbonyl (C=O) groups is 1. The van der Waals surface area contributed by atoms with E-state index >= 15 is 0 Å². The van der Waals surface area contributed by atoms with Crippen LogP contribution in [0.1, 0.15) is 27.7 Å². The van der Waals surface area contributed by atoms with Gasteiger partial charge in [0.25, 0.3) is 5.91 Å². The van der Waals surface area contributed by atoms with Crippen LogP contribution in [-0.2, 0) is 6.18 Å². The average Bonchev–Trinajstić information content (AvgIpc) is 3.29. The number of hydrogen-bond donors (Lipinski definition) is 2. The zero-order valence-electron chi connectivity index (χ0n) is 13.2. The molecule has 0 fully saturated rings. The zero-order chi connectivity index (χ0) is 18.7. The summed E-state index contributed by atoms with van der Waals surface area (Å²) in [6.45, 7) is -0.396. The van der Waals surface area contributed by atoms with Crippen molar-refractivity contribution in [1.29, 1.82) is 0 Å². The van der Waals surface area contributed by atoms with Crippen LogP contribution < -0.4 is 5.32 Å². The van der Waals surface area contributed by atoms with Crippen molar-refractivity contribution in [2.75, 3.05) is 6.54 Å². The maximum atomic E-state index is 13.0. The first-order valence-corrected chi connectivity index (χ1v) is 8.37.